The van der Waals surface area contributed by atoms with Gasteiger partial charge in [-0.15, -0.1) is 0 Å². The first-order valence-corrected chi connectivity index (χ1v) is 7.56. The summed E-state index contributed by atoms with van der Waals surface area (Å²) < 4.78 is 0. The van der Waals surface area contributed by atoms with Crippen LogP contribution < -0.4 is 0 Å². The third kappa shape index (κ3) is 3.29. The summed E-state index contributed by atoms with van der Waals surface area (Å²) in [7, 11) is 4.43. The quantitative estimate of drug-likeness (QED) is 0.851. The molecule has 0 bridgehead atoms. The standard InChI is InChI=1S/C15H28N2O2/c1-15(14(18)19)8-4-12(5-9-15)17(3)13-6-10-16(2)11-7-13/h12-13H,4-11H2,1-3H3,(H,18,19). The molecule has 1 saturated heterocycles. The van der Waals surface area contributed by atoms with Crippen molar-refractivity contribution in [2.75, 3.05) is 27.2 Å². The molecular weight excluding hydrogens is 240 g/mol. The molecule has 0 unspecified atom stereocenters. The van der Waals surface area contributed by atoms with Crippen LogP contribution in [0.3, 0.4) is 0 Å². The van der Waals surface area contributed by atoms with Crippen LogP contribution in [-0.4, -0.2) is 60.1 Å². The van der Waals surface area contributed by atoms with Gasteiger partial charge in [-0.3, -0.25) is 4.79 Å². The second kappa shape index (κ2) is 5.80. The average Bonchev–Trinajstić information content (AvgIpc) is 2.39. The number of carboxylic acids is 1. The molecule has 2 fully saturated rings. The zero-order valence-electron chi connectivity index (χ0n) is 12.6. The third-order valence-corrected chi connectivity index (χ3v) is 5.42. The van der Waals surface area contributed by atoms with Crippen molar-refractivity contribution in [1.82, 2.24) is 9.80 Å². The number of aliphatic carboxylic acids is 1. The highest BCUT2D eigenvalue weighted by molar-refractivity contribution is 5.74. The fraction of sp³-hybridized carbons (Fsp3) is 0.933. The molecule has 4 heteroatoms. The van der Waals surface area contributed by atoms with Crippen LogP contribution in [0.4, 0.5) is 0 Å². The molecule has 0 aromatic carbocycles. The molecule has 1 N–H and O–H groups in total. The van der Waals surface area contributed by atoms with Crippen molar-refractivity contribution < 1.29 is 9.90 Å². The van der Waals surface area contributed by atoms with Crippen molar-refractivity contribution in [3.63, 3.8) is 0 Å². The van der Waals surface area contributed by atoms with Gasteiger partial charge < -0.3 is 14.9 Å². The molecule has 0 radical (unpaired) electrons. The number of piperidine rings is 1. The molecule has 110 valence electrons. The van der Waals surface area contributed by atoms with E-state index in [0.29, 0.717) is 12.1 Å². The van der Waals surface area contributed by atoms with E-state index in [1.807, 2.05) is 6.92 Å². The Balaban J connectivity index is 1.85. The van der Waals surface area contributed by atoms with Crippen LogP contribution in [0.5, 0.6) is 0 Å². The molecule has 0 aromatic heterocycles. The van der Waals surface area contributed by atoms with Crippen molar-refractivity contribution in [3.05, 3.63) is 0 Å². The largest absolute Gasteiger partial charge is 0.481 e. The fourth-order valence-corrected chi connectivity index (χ4v) is 3.56. The number of carboxylic acid groups (broad SMARTS) is 1. The lowest BCUT2D eigenvalue weighted by molar-refractivity contribution is -0.150. The lowest BCUT2D eigenvalue weighted by atomic mass is 9.73. The van der Waals surface area contributed by atoms with Crippen LogP contribution in [-0.2, 0) is 4.79 Å². The van der Waals surface area contributed by atoms with Crippen LogP contribution in [0.2, 0.25) is 0 Å². The summed E-state index contributed by atoms with van der Waals surface area (Å²) in [5.41, 5.74) is -0.482. The van der Waals surface area contributed by atoms with Gasteiger partial charge in [-0.25, -0.2) is 0 Å². The molecule has 2 rings (SSSR count). The first-order chi connectivity index (χ1) is 8.92. The SMILES string of the molecule is CN1CCC(N(C)C2CCC(C)(C(=O)O)CC2)CC1. The van der Waals surface area contributed by atoms with Crippen LogP contribution >= 0.6 is 0 Å². The Bertz CT molecular complexity index is 316. The first-order valence-electron chi connectivity index (χ1n) is 7.56. The zero-order chi connectivity index (χ0) is 14.0. The first kappa shape index (κ1) is 14.8. The molecule has 19 heavy (non-hydrogen) atoms. The Hall–Kier alpha value is -0.610. The van der Waals surface area contributed by atoms with Crippen molar-refractivity contribution in [2.24, 2.45) is 5.41 Å². The topological polar surface area (TPSA) is 43.8 Å². The molecule has 0 atom stereocenters. The average molecular weight is 268 g/mol. The molecule has 1 aliphatic carbocycles. The van der Waals surface area contributed by atoms with Crippen molar-refractivity contribution >= 4 is 5.97 Å². The minimum Gasteiger partial charge on any atom is -0.481 e. The predicted octanol–water partition coefficient (Wildman–Crippen LogP) is 2.05. The number of carbonyl (C=O) groups is 1. The summed E-state index contributed by atoms with van der Waals surface area (Å²) in [5.74, 6) is -0.618. The van der Waals surface area contributed by atoms with E-state index in [-0.39, 0.29) is 0 Å². The summed E-state index contributed by atoms with van der Waals surface area (Å²) in [6, 6.07) is 1.27. The molecule has 4 nitrogen and oxygen atoms in total. The Morgan fingerprint density at radius 3 is 2.11 bits per heavy atom. The molecule has 0 aromatic rings. The maximum absolute atomic E-state index is 11.3. The van der Waals surface area contributed by atoms with Gasteiger partial charge in [0.1, 0.15) is 0 Å². The number of likely N-dealkylation sites (tertiary alicyclic amines) is 1. The fourth-order valence-electron chi connectivity index (χ4n) is 3.56. The van der Waals surface area contributed by atoms with E-state index < -0.39 is 11.4 Å². The minimum absolute atomic E-state index is 0.482. The summed E-state index contributed by atoms with van der Waals surface area (Å²) in [6.45, 7) is 4.28. The molecule has 1 aliphatic heterocycles. The summed E-state index contributed by atoms with van der Waals surface area (Å²) in [4.78, 5) is 16.2. The van der Waals surface area contributed by atoms with Crippen molar-refractivity contribution in [3.8, 4) is 0 Å². The Morgan fingerprint density at radius 1 is 1.16 bits per heavy atom. The highest BCUT2D eigenvalue weighted by atomic mass is 16.4. The second-order valence-electron chi connectivity index (χ2n) is 6.80. The zero-order valence-corrected chi connectivity index (χ0v) is 12.6. The Labute approximate surface area is 116 Å². The van der Waals surface area contributed by atoms with Gasteiger partial charge in [0.25, 0.3) is 0 Å². The number of hydrogen-bond donors (Lipinski definition) is 1. The lowest BCUT2D eigenvalue weighted by Gasteiger charge is -2.43. The van der Waals surface area contributed by atoms with Gasteiger partial charge in [-0.2, -0.15) is 0 Å². The van der Waals surface area contributed by atoms with Gasteiger partial charge in [0.05, 0.1) is 5.41 Å². The Kier molecular flexibility index (Phi) is 4.51. The molecule has 0 amide bonds. The van der Waals surface area contributed by atoms with E-state index in [1.165, 1.54) is 25.9 Å². The molecule has 1 heterocycles. The number of rotatable bonds is 3. The Morgan fingerprint density at radius 2 is 1.63 bits per heavy atom. The smallest absolute Gasteiger partial charge is 0.309 e. The molecule has 2 aliphatic rings. The lowest BCUT2D eigenvalue weighted by Crippen LogP contribution is -2.48. The summed E-state index contributed by atoms with van der Waals surface area (Å²) in [5, 5.41) is 9.28. The van der Waals surface area contributed by atoms with E-state index >= 15 is 0 Å². The highest BCUT2D eigenvalue weighted by Crippen LogP contribution is 2.38. The molecule has 1 saturated carbocycles. The van der Waals surface area contributed by atoms with Gasteiger partial charge in [-0.1, -0.05) is 0 Å². The van der Waals surface area contributed by atoms with Gasteiger partial charge in [-0.05, 0) is 72.6 Å². The van der Waals surface area contributed by atoms with E-state index in [1.54, 1.807) is 0 Å². The third-order valence-electron chi connectivity index (χ3n) is 5.42. The van der Waals surface area contributed by atoms with E-state index in [2.05, 4.69) is 23.9 Å². The van der Waals surface area contributed by atoms with E-state index in [4.69, 9.17) is 0 Å². The maximum atomic E-state index is 11.3. The van der Waals surface area contributed by atoms with Crippen LogP contribution in [0, 0.1) is 5.41 Å². The van der Waals surface area contributed by atoms with Crippen molar-refractivity contribution in [1.29, 1.82) is 0 Å². The minimum atomic E-state index is -0.618. The van der Waals surface area contributed by atoms with Crippen LogP contribution in [0.25, 0.3) is 0 Å². The van der Waals surface area contributed by atoms with Gasteiger partial charge in [0.15, 0.2) is 0 Å². The maximum Gasteiger partial charge on any atom is 0.309 e. The highest BCUT2D eigenvalue weighted by Gasteiger charge is 2.39. The molecular formula is C15H28N2O2. The van der Waals surface area contributed by atoms with Gasteiger partial charge in [0, 0.05) is 12.1 Å². The normalized spacial score (nSPS) is 34.6. The number of nitrogens with zero attached hydrogens (tertiary/aromatic N) is 2. The second-order valence-corrected chi connectivity index (χ2v) is 6.80. The monoisotopic (exact) mass is 268 g/mol. The van der Waals surface area contributed by atoms with Gasteiger partial charge >= 0.3 is 5.97 Å². The van der Waals surface area contributed by atoms with E-state index in [9.17, 15) is 9.90 Å². The summed E-state index contributed by atoms with van der Waals surface area (Å²) >= 11 is 0. The van der Waals surface area contributed by atoms with Crippen LogP contribution in [0.15, 0.2) is 0 Å². The molecule has 0 spiro atoms. The summed E-state index contributed by atoms with van der Waals surface area (Å²) in [6.07, 6.45) is 6.21. The van der Waals surface area contributed by atoms with Crippen molar-refractivity contribution in [2.45, 2.75) is 57.5 Å². The number of hydrogen-bond acceptors (Lipinski definition) is 3. The van der Waals surface area contributed by atoms with E-state index in [0.717, 1.165) is 25.7 Å². The van der Waals surface area contributed by atoms with Crippen LogP contribution in [0.1, 0.15) is 45.4 Å². The van der Waals surface area contributed by atoms with Gasteiger partial charge in [0.2, 0.25) is 0 Å². The predicted molar refractivity (Wildman–Crippen MR) is 76.3 cm³/mol.